The van der Waals surface area contributed by atoms with E-state index in [1.165, 1.54) is 4.90 Å². The summed E-state index contributed by atoms with van der Waals surface area (Å²) in [5.74, 6) is -2.93. The van der Waals surface area contributed by atoms with Crippen molar-refractivity contribution in [2.45, 2.75) is 46.2 Å². The number of likely N-dealkylation sites (tertiary alicyclic amines) is 1. The number of piperidine rings is 1. The van der Waals surface area contributed by atoms with Crippen LogP contribution in [0.4, 0.5) is 13.2 Å². The lowest BCUT2D eigenvalue weighted by Crippen LogP contribution is -2.50. The highest BCUT2D eigenvalue weighted by Crippen LogP contribution is 2.57. The monoisotopic (exact) mass is 423 g/mol. The maximum atomic E-state index is 12.9. The first-order chi connectivity index (χ1) is 14.0. The molecule has 5 nitrogen and oxygen atoms in total. The van der Waals surface area contributed by atoms with Gasteiger partial charge in [0.25, 0.3) is 0 Å². The third-order valence-electron chi connectivity index (χ3n) is 6.55. The number of amides is 1. The summed E-state index contributed by atoms with van der Waals surface area (Å²) < 4.78 is 44.3. The maximum Gasteiger partial charge on any atom is 0.400 e. The van der Waals surface area contributed by atoms with E-state index < -0.39 is 23.4 Å². The number of nitrogens with one attached hydrogen (secondary N) is 2. The maximum absolute atomic E-state index is 12.9. The molecule has 1 amide bonds. The third-order valence-corrected chi connectivity index (χ3v) is 6.55. The van der Waals surface area contributed by atoms with E-state index >= 15 is 0 Å². The van der Waals surface area contributed by atoms with Gasteiger partial charge in [0.05, 0.1) is 0 Å². The van der Waals surface area contributed by atoms with Crippen molar-refractivity contribution in [1.29, 1.82) is 10.8 Å². The van der Waals surface area contributed by atoms with Gasteiger partial charge in [0.2, 0.25) is 11.8 Å². The molecule has 1 aliphatic heterocycles. The van der Waals surface area contributed by atoms with Crippen molar-refractivity contribution in [2.24, 2.45) is 23.2 Å². The van der Waals surface area contributed by atoms with Gasteiger partial charge in [-0.15, -0.1) is 0 Å². The first kappa shape index (κ1) is 22.3. The number of rotatable bonds is 4. The fraction of sp³-hybridized carbons (Fsp3) is 0.591. The Morgan fingerprint density at radius 1 is 1.23 bits per heavy atom. The van der Waals surface area contributed by atoms with Gasteiger partial charge in [0.1, 0.15) is 5.92 Å². The van der Waals surface area contributed by atoms with Gasteiger partial charge in [0.15, 0.2) is 5.90 Å². The van der Waals surface area contributed by atoms with E-state index in [0.717, 1.165) is 25.3 Å². The van der Waals surface area contributed by atoms with Crippen molar-refractivity contribution < 1.29 is 22.7 Å². The number of aryl methyl sites for hydroxylation is 1. The molecule has 0 spiro atoms. The van der Waals surface area contributed by atoms with Gasteiger partial charge >= 0.3 is 6.18 Å². The SMILES string of the molecule is Cc1ccc(C(=N)OC(=N)C2(C3CCN(C(=O)[C@H](C)C(F)(F)F)CC3C)CC2)cc1. The van der Waals surface area contributed by atoms with E-state index in [9.17, 15) is 18.0 Å². The standard InChI is InChI=1S/C22H28F3N3O2/c1-13-4-6-16(7-5-13)18(26)30-20(27)21(9-10-21)17-8-11-28(12-14(17)2)19(29)15(3)22(23,24)25/h4-7,14-15,17,26-27H,8-12H2,1-3H3/t14?,15-,17?/m0/s1. The second-order valence-corrected chi connectivity index (χ2v) is 8.70. The average molecular weight is 423 g/mol. The molecule has 0 radical (unpaired) electrons. The topological polar surface area (TPSA) is 77.2 Å². The number of halogens is 3. The molecule has 1 aromatic rings. The molecular formula is C22H28F3N3O2. The van der Waals surface area contributed by atoms with Crippen molar-refractivity contribution in [3.8, 4) is 0 Å². The van der Waals surface area contributed by atoms with Gasteiger partial charge in [0, 0.05) is 24.1 Å². The Hall–Kier alpha value is -2.38. The van der Waals surface area contributed by atoms with Crippen molar-refractivity contribution in [3.05, 3.63) is 35.4 Å². The number of carbonyl (C=O) groups excluding carboxylic acids is 1. The van der Waals surface area contributed by atoms with E-state index in [1.807, 2.05) is 26.0 Å². The highest BCUT2D eigenvalue weighted by atomic mass is 19.4. The molecule has 0 bridgehead atoms. The molecule has 3 rings (SSSR count). The summed E-state index contributed by atoms with van der Waals surface area (Å²) in [5.41, 5.74) is 1.17. The Labute approximate surface area is 174 Å². The van der Waals surface area contributed by atoms with E-state index in [2.05, 4.69) is 0 Å². The Bertz CT molecular complexity index is 831. The largest absolute Gasteiger partial charge is 0.425 e. The van der Waals surface area contributed by atoms with E-state index in [0.29, 0.717) is 12.0 Å². The summed E-state index contributed by atoms with van der Waals surface area (Å²) in [4.78, 5) is 13.5. The molecule has 3 atom stereocenters. The lowest BCUT2D eigenvalue weighted by atomic mass is 9.74. The zero-order valence-corrected chi connectivity index (χ0v) is 17.5. The van der Waals surface area contributed by atoms with Crippen LogP contribution in [0.25, 0.3) is 0 Å². The zero-order chi connectivity index (χ0) is 22.3. The fourth-order valence-corrected chi connectivity index (χ4v) is 4.45. The van der Waals surface area contributed by atoms with Crippen LogP contribution in [0.2, 0.25) is 0 Å². The summed E-state index contributed by atoms with van der Waals surface area (Å²) in [6, 6.07) is 7.30. The van der Waals surface area contributed by atoms with E-state index in [4.69, 9.17) is 15.6 Å². The predicted octanol–water partition coefficient (Wildman–Crippen LogP) is 4.78. The molecule has 0 aromatic heterocycles. The normalized spacial score (nSPS) is 24.1. The third kappa shape index (κ3) is 4.37. The molecule has 2 N–H and O–H groups in total. The molecule has 1 aromatic carbocycles. The van der Waals surface area contributed by atoms with Gasteiger partial charge in [-0.1, -0.05) is 24.6 Å². The first-order valence-corrected chi connectivity index (χ1v) is 10.2. The number of alkyl halides is 3. The van der Waals surface area contributed by atoms with Gasteiger partial charge in [-0.05, 0) is 57.1 Å². The summed E-state index contributed by atoms with van der Waals surface area (Å²) in [6.07, 6.45) is -2.49. The molecule has 1 heterocycles. The highest BCUT2D eigenvalue weighted by molar-refractivity contribution is 6.01. The van der Waals surface area contributed by atoms with Gasteiger partial charge < -0.3 is 9.64 Å². The average Bonchev–Trinajstić information content (AvgIpc) is 3.48. The number of hydrogen-bond donors (Lipinski definition) is 2. The Morgan fingerprint density at radius 2 is 1.83 bits per heavy atom. The van der Waals surface area contributed by atoms with Crippen LogP contribution < -0.4 is 0 Å². The van der Waals surface area contributed by atoms with Crippen LogP contribution in [0.3, 0.4) is 0 Å². The molecule has 1 saturated carbocycles. The number of ether oxygens (including phenoxy) is 1. The Balaban J connectivity index is 1.63. The summed E-state index contributed by atoms with van der Waals surface area (Å²) in [6.45, 7) is 5.26. The van der Waals surface area contributed by atoms with Crippen LogP contribution in [-0.2, 0) is 9.53 Å². The van der Waals surface area contributed by atoms with E-state index in [-0.39, 0.29) is 36.7 Å². The quantitative estimate of drug-likeness (QED) is 0.540. The van der Waals surface area contributed by atoms with Crippen molar-refractivity contribution in [3.63, 3.8) is 0 Å². The first-order valence-electron chi connectivity index (χ1n) is 10.2. The van der Waals surface area contributed by atoms with E-state index in [1.54, 1.807) is 12.1 Å². The number of hydrogen-bond acceptors (Lipinski definition) is 4. The predicted molar refractivity (Wildman–Crippen MR) is 108 cm³/mol. The van der Waals surface area contributed by atoms with Crippen LogP contribution in [0.5, 0.6) is 0 Å². The zero-order valence-electron chi connectivity index (χ0n) is 17.5. The second kappa shape index (κ2) is 8.04. The number of nitrogens with zero attached hydrogens (tertiary/aromatic N) is 1. The fourth-order valence-electron chi connectivity index (χ4n) is 4.45. The second-order valence-electron chi connectivity index (χ2n) is 8.70. The summed E-state index contributed by atoms with van der Waals surface area (Å²) in [7, 11) is 0. The molecule has 1 saturated heterocycles. The lowest BCUT2D eigenvalue weighted by Gasteiger charge is -2.41. The molecule has 164 valence electrons. The molecule has 2 fully saturated rings. The highest BCUT2D eigenvalue weighted by Gasteiger charge is 2.57. The van der Waals surface area contributed by atoms with Crippen LogP contribution in [0, 0.1) is 40.9 Å². The van der Waals surface area contributed by atoms with Crippen LogP contribution >= 0.6 is 0 Å². The van der Waals surface area contributed by atoms with Gasteiger partial charge in [-0.2, -0.15) is 13.2 Å². The lowest BCUT2D eigenvalue weighted by molar-refractivity contribution is -0.187. The summed E-state index contributed by atoms with van der Waals surface area (Å²) in [5, 5.41) is 16.7. The minimum absolute atomic E-state index is 0.0426. The Kier molecular flexibility index (Phi) is 5.98. The van der Waals surface area contributed by atoms with Crippen LogP contribution in [0.1, 0.15) is 44.2 Å². The van der Waals surface area contributed by atoms with Gasteiger partial charge in [-0.25, -0.2) is 0 Å². The molecule has 8 heteroatoms. The number of carbonyl (C=O) groups is 1. The van der Waals surface area contributed by atoms with Crippen molar-refractivity contribution >= 4 is 17.7 Å². The Morgan fingerprint density at radius 3 is 2.33 bits per heavy atom. The molecule has 1 aliphatic carbocycles. The minimum Gasteiger partial charge on any atom is -0.425 e. The molecule has 2 aliphatic rings. The van der Waals surface area contributed by atoms with Crippen molar-refractivity contribution in [2.75, 3.05) is 13.1 Å². The number of benzene rings is 1. The van der Waals surface area contributed by atoms with Crippen LogP contribution in [0.15, 0.2) is 24.3 Å². The molecule has 30 heavy (non-hydrogen) atoms. The smallest absolute Gasteiger partial charge is 0.400 e. The minimum atomic E-state index is -4.54. The summed E-state index contributed by atoms with van der Waals surface area (Å²) >= 11 is 0. The van der Waals surface area contributed by atoms with Crippen LogP contribution in [-0.4, -0.2) is 41.9 Å². The van der Waals surface area contributed by atoms with Crippen molar-refractivity contribution in [1.82, 2.24) is 4.90 Å². The van der Waals surface area contributed by atoms with Gasteiger partial charge in [-0.3, -0.25) is 15.6 Å². The molecular weight excluding hydrogens is 395 g/mol. The molecule has 2 unspecified atom stereocenters.